The summed E-state index contributed by atoms with van der Waals surface area (Å²) in [5.74, 6) is 0. The van der Waals surface area contributed by atoms with Crippen molar-refractivity contribution in [3.63, 3.8) is 0 Å². The normalized spacial score (nSPS) is 14.5. The van der Waals surface area contributed by atoms with Gasteiger partial charge in [-0.1, -0.05) is 23.2 Å². The molecule has 3 heteroatoms. The molecule has 0 unspecified atom stereocenters. The minimum Gasteiger partial charge on any atom is -0.295 e. The second-order valence-electron chi connectivity index (χ2n) is 1.27. The Morgan fingerprint density at radius 2 is 2.00 bits per heavy atom. The van der Waals surface area contributed by atoms with Crippen molar-refractivity contribution in [2.45, 2.75) is 6.92 Å². The first-order valence-corrected chi connectivity index (χ1v) is 2.88. The lowest BCUT2D eigenvalue weighted by atomic mass is 10.5. The van der Waals surface area contributed by atoms with Crippen LogP contribution < -0.4 is 0 Å². The Bertz CT molecular complexity index is 122. The summed E-state index contributed by atoms with van der Waals surface area (Å²) in [5.41, 5.74) is 0. The molecule has 0 aromatic rings. The van der Waals surface area contributed by atoms with E-state index in [2.05, 4.69) is 4.99 Å². The fraction of sp³-hybridized carbons (Fsp3) is 0.400. The highest BCUT2D eigenvalue weighted by molar-refractivity contribution is 6.45. The van der Waals surface area contributed by atoms with Gasteiger partial charge in [0, 0.05) is 18.3 Å². The largest absolute Gasteiger partial charge is 0.295 e. The lowest BCUT2D eigenvalue weighted by Gasteiger charge is -1.85. The second kappa shape index (κ2) is 3.93. The summed E-state index contributed by atoms with van der Waals surface area (Å²) in [4.78, 5) is 3.66. The number of allylic oxidation sites excluding steroid dienone is 2. The monoisotopic (exact) mass is 151 g/mol. The summed E-state index contributed by atoms with van der Waals surface area (Å²) in [6, 6.07) is 0. The van der Waals surface area contributed by atoms with Crippen LogP contribution in [0.5, 0.6) is 0 Å². The lowest BCUT2D eigenvalue weighted by Crippen LogP contribution is -1.73. The van der Waals surface area contributed by atoms with Gasteiger partial charge in [-0.3, -0.25) is 4.99 Å². The van der Waals surface area contributed by atoms with Crippen molar-refractivity contribution in [1.82, 2.24) is 0 Å². The molecule has 0 aliphatic rings. The molecule has 0 aromatic heterocycles. The predicted molar refractivity (Wildman–Crippen MR) is 38.8 cm³/mol. The SMILES string of the molecule is C/N=C\C(Cl)=C(/C)Cl. The van der Waals surface area contributed by atoms with Crippen molar-refractivity contribution in [1.29, 1.82) is 0 Å². The van der Waals surface area contributed by atoms with Crippen LogP contribution >= 0.6 is 23.2 Å². The zero-order valence-electron chi connectivity index (χ0n) is 4.78. The molecule has 0 saturated heterocycles. The summed E-state index contributed by atoms with van der Waals surface area (Å²) in [5, 5.41) is 1.06. The molecule has 0 atom stereocenters. The maximum absolute atomic E-state index is 5.51. The first kappa shape index (κ1) is 7.99. The van der Waals surface area contributed by atoms with Crippen molar-refractivity contribution >= 4 is 29.4 Å². The lowest BCUT2D eigenvalue weighted by molar-refractivity contribution is 1.47. The smallest absolute Gasteiger partial charge is 0.0726 e. The Morgan fingerprint density at radius 3 is 2.12 bits per heavy atom. The Kier molecular flexibility index (Phi) is 3.92. The number of halogens is 2. The highest BCUT2D eigenvalue weighted by atomic mass is 35.5. The van der Waals surface area contributed by atoms with Crippen LogP contribution in [0.3, 0.4) is 0 Å². The van der Waals surface area contributed by atoms with Gasteiger partial charge in [0.15, 0.2) is 0 Å². The van der Waals surface area contributed by atoms with E-state index in [0.29, 0.717) is 10.1 Å². The van der Waals surface area contributed by atoms with Crippen LogP contribution in [0.2, 0.25) is 0 Å². The van der Waals surface area contributed by atoms with Gasteiger partial charge in [0.25, 0.3) is 0 Å². The van der Waals surface area contributed by atoms with Gasteiger partial charge in [0.2, 0.25) is 0 Å². The van der Waals surface area contributed by atoms with E-state index in [1.807, 2.05) is 0 Å². The van der Waals surface area contributed by atoms with Crippen LogP contribution in [0.25, 0.3) is 0 Å². The summed E-state index contributed by atoms with van der Waals surface area (Å²) >= 11 is 11.0. The van der Waals surface area contributed by atoms with Gasteiger partial charge >= 0.3 is 0 Å². The van der Waals surface area contributed by atoms with Crippen molar-refractivity contribution < 1.29 is 0 Å². The molecule has 46 valence electrons. The van der Waals surface area contributed by atoms with Crippen molar-refractivity contribution in [2.75, 3.05) is 7.05 Å². The van der Waals surface area contributed by atoms with E-state index in [0.717, 1.165) is 0 Å². The number of hydrogen-bond acceptors (Lipinski definition) is 1. The maximum atomic E-state index is 5.51. The zero-order valence-corrected chi connectivity index (χ0v) is 6.29. The van der Waals surface area contributed by atoms with Gasteiger partial charge in [0.05, 0.1) is 5.03 Å². The van der Waals surface area contributed by atoms with Gasteiger partial charge in [-0.05, 0) is 6.92 Å². The molecule has 1 nitrogen and oxygen atoms in total. The molecule has 0 aromatic carbocycles. The van der Waals surface area contributed by atoms with E-state index >= 15 is 0 Å². The molecule has 8 heavy (non-hydrogen) atoms. The van der Waals surface area contributed by atoms with Gasteiger partial charge in [-0.15, -0.1) is 0 Å². The fourth-order valence-corrected chi connectivity index (χ4v) is 0.349. The second-order valence-corrected chi connectivity index (χ2v) is 2.24. The van der Waals surface area contributed by atoms with Crippen molar-refractivity contribution in [3.05, 3.63) is 10.1 Å². The summed E-state index contributed by atoms with van der Waals surface area (Å²) in [7, 11) is 1.64. The standard InChI is InChI=1S/C5H7Cl2N/c1-4(6)5(7)3-8-2/h3H,1-2H3/b5-4-,8-3-. The third-order valence-corrected chi connectivity index (χ3v) is 1.25. The molecule has 0 saturated carbocycles. The average Bonchev–Trinajstić information content (AvgIpc) is 1.67. The first-order chi connectivity index (χ1) is 3.68. The minimum atomic E-state index is 0.495. The van der Waals surface area contributed by atoms with Crippen LogP contribution in [0.4, 0.5) is 0 Å². The highest BCUT2D eigenvalue weighted by Crippen LogP contribution is 2.09. The zero-order chi connectivity index (χ0) is 6.57. The molecular weight excluding hydrogens is 145 g/mol. The number of hydrogen-bond donors (Lipinski definition) is 0. The molecule has 0 amide bonds. The van der Waals surface area contributed by atoms with E-state index < -0.39 is 0 Å². The molecule has 0 fully saturated rings. The van der Waals surface area contributed by atoms with Gasteiger partial charge < -0.3 is 0 Å². The Labute approximate surface area is 59.0 Å². The van der Waals surface area contributed by atoms with Gasteiger partial charge in [-0.25, -0.2) is 0 Å². The van der Waals surface area contributed by atoms with E-state index in [1.54, 1.807) is 14.0 Å². The topological polar surface area (TPSA) is 12.4 Å². The van der Waals surface area contributed by atoms with Crippen LogP contribution in [-0.2, 0) is 0 Å². The van der Waals surface area contributed by atoms with Crippen LogP contribution in [0, 0.1) is 0 Å². The number of rotatable bonds is 1. The molecule has 0 rings (SSSR count). The molecular formula is C5H7Cl2N. The Balaban J connectivity index is 4.00. The molecule has 0 heterocycles. The Morgan fingerprint density at radius 1 is 1.50 bits per heavy atom. The summed E-state index contributed by atoms with van der Waals surface area (Å²) in [6.45, 7) is 1.71. The van der Waals surface area contributed by atoms with Crippen molar-refractivity contribution in [2.24, 2.45) is 4.99 Å². The van der Waals surface area contributed by atoms with E-state index in [4.69, 9.17) is 23.2 Å². The summed E-state index contributed by atoms with van der Waals surface area (Å²) in [6.07, 6.45) is 1.50. The first-order valence-electron chi connectivity index (χ1n) is 2.12. The maximum Gasteiger partial charge on any atom is 0.0726 e. The van der Waals surface area contributed by atoms with Gasteiger partial charge in [-0.2, -0.15) is 0 Å². The van der Waals surface area contributed by atoms with Gasteiger partial charge in [0.1, 0.15) is 0 Å². The third-order valence-electron chi connectivity index (χ3n) is 0.572. The number of nitrogens with zero attached hydrogens (tertiary/aromatic N) is 1. The molecule has 0 spiro atoms. The molecule has 0 aliphatic heterocycles. The van der Waals surface area contributed by atoms with Crippen LogP contribution in [0.15, 0.2) is 15.1 Å². The van der Waals surface area contributed by atoms with Crippen molar-refractivity contribution in [3.8, 4) is 0 Å². The molecule has 0 N–H and O–H groups in total. The molecule has 0 aliphatic carbocycles. The minimum absolute atomic E-state index is 0.495. The summed E-state index contributed by atoms with van der Waals surface area (Å²) < 4.78 is 0. The van der Waals surface area contributed by atoms with E-state index in [-0.39, 0.29) is 0 Å². The predicted octanol–water partition coefficient (Wildman–Crippen LogP) is 2.40. The van der Waals surface area contributed by atoms with Crippen LogP contribution in [-0.4, -0.2) is 13.3 Å². The van der Waals surface area contributed by atoms with E-state index in [9.17, 15) is 0 Å². The average molecular weight is 152 g/mol. The quantitative estimate of drug-likeness (QED) is 0.511. The van der Waals surface area contributed by atoms with Crippen LogP contribution in [0.1, 0.15) is 6.92 Å². The fourth-order valence-electron chi connectivity index (χ4n) is 0.202. The third kappa shape index (κ3) is 3.05. The Hall–Kier alpha value is -0.0100. The molecule has 0 radical (unpaired) electrons. The number of aliphatic imine (C=N–C) groups is 1. The van der Waals surface area contributed by atoms with E-state index in [1.165, 1.54) is 6.21 Å². The highest BCUT2D eigenvalue weighted by Gasteiger charge is 1.87. The molecule has 0 bridgehead atoms.